The molecule has 1 aliphatic heterocycles. The van der Waals surface area contributed by atoms with E-state index in [2.05, 4.69) is 42.5 Å². The lowest BCUT2D eigenvalue weighted by molar-refractivity contribution is 0.356. The van der Waals surface area contributed by atoms with E-state index in [0.29, 0.717) is 5.92 Å². The van der Waals surface area contributed by atoms with E-state index in [1.165, 1.54) is 41.5 Å². The van der Waals surface area contributed by atoms with Crippen molar-refractivity contribution in [2.45, 2.75) is 37.6 Å². The Morgan fingerprint density at radius 1 is 1.05 bits per heavy atom. The Kier molecular flexibility index (Phi) is 3.19. The molecule has 0 spiro atoms. The van der Waals surface area contributed by atoms with Gasteiger partial charge in [0.25, 0.3) is 0 Å². The highest BCUT2D eigenvalue weighted by molar-refractivity contribution is 5.43. The second-order valence-corrected chi connectivity index (χ2v) is 6.19. The second-order valence-electron chi connectivity index (χ2n) is 6.19. The smallest absolute Gasteiger partial charge is 0.122 e. The zero-order valence-corrected chi connectivity index (χ0v) is 12.2. The average molecular weight is 279 g/mol. The van der Waals surface area contributed by atoms with Crippen molar-refractivity contribution in [1.82, 2.24) is 0 Å². The number of ether oxygens (including phenoxy) is 1. The summed E-state index contributed by atoms with van der Waals surface area (Å²) in [6.07, 6.45) is 4.63. The van der Waals surface area contributed by atoms with Crippen LogP contribution >= 0.6 is 0 Å². The highest BCUT2D eigenvalue weighted by Gasteiger charge is 2.27. The zero-order chi connectivity index (χ0) is 14.2. The van der Waals surface area contributed by atoms with Crippen LogP contribution in [0.25, 0.3) is 0 Å². The van der Waals surface area contributed by atoms with Gasteiger partial charge in [0.1, 0.15) is 5.75 Å². The summed E-state index contributed by atoms with van der Waals surface area (Å²) in [4.78, 5) is 0. The number of rotatable bonds is 2. The Hall–Kier alpha value is -1.80. The lowest BCUT2D eigenvalue weighted by atomic mass is 9.77. The first kappa shape index (κ1) is 12.9. The van der Waals surface area contributed by atoms with E-state index in [1.54, 1.807) is 0 Å². The molecule has 2 aromatic rings. The fourth-order valence-corrected chi connectivity index (χ4v) is 3.81. The second kappa shape index (κ2) is 5.19. The summed E-state index contributed by atoms with van der Waals surface area (Å²) in [7, 11) is 0. The molecular formula is C19H21NO. The number of benzene rings is 2. The molecular weight excluding hydrogens is 258 g/mol. The Labute approximate surface area is 125 Å². The molecule has 2 atom stereocenters. The van der Waals surface area contributed by atoms with E-state index >= 15 is 0 Å². The van der Waals surface area contributed by atoms with Gasteiger partial charge >= 0.3 is 0 Å². The van der Waals surface area contributed by atoms with E-state index in [0.717, 1.165) is 18.8 Å². The number of hydrogen-bond donors (Lipinski definition) is 1. The number of nitrogens with two attached hydrogens (primary N) is 1. The molecule has 2 unspecified atom stereocenters. The van der Waals surface area contributed by atoms with Crippen molar-refractivity contribution in [3.63, 3.8) is 0 Å². The molecule has 2 N–H and O–H groups in total. The van der Waals surface area contributed by atoms with E-state index in [9.17, 15) is 0 Å². The quantitative estimate of drug-likeness (QED) is 0.909. The van der Waals surface area contributed by atoms with Crippen LogP contribution in [-0.2, 0) is 12.8 Å². The van der Waals surface area contributed by atoms with Gasteiger partial charge in [-0.25, -0.2) is 0 Å². The van der Waals surface area contributed by atoms with Gasteiger partial charge in [-0.2, -0.15) is 0 Å². The van der Waals surface area contributed by atoms with Gasteiger partial charge < -0.3 is 10.5 Å². The van der Waals surface area contributed by atoms with Crippen molar-refractivity contribution < 1.29 is 4.74 Å². The summed E-state index contributed by atoms with van der Waals surface area (Å²) < 4.78 is 5.59. The van der Waals surface area contributed by atoms with Crippen LogP contribution in [0.3, 0.4) is 0 Å². The van der Waals surface area contributed by atoms with Gasteiger partial charge in [-0.05, 0) is 47.6 Å². The molecule has 1 aliphatic carbocycles. The van der Waals surface area contributed by atoms with Gasteiger partial charge in [0.05, 0.1) is 6.61 Å². The van der Waals surface area contributed by atoms with E-state index in [-0.39, 0.29) is 6.04 Å². The SMILES string of the molecule is NC(c1ccc2c(c1)CCO2)C1CCCc2ccccc21. The van der Waals surface area contributed by atoms with Crippen molar-refractivity contribution in [2.24, 2.45) is 5.73 Å². The molecule has 2 aromatic carbocycles. The standard InChI is InChI=1S/C19H21NO/c20-19(15-8-9-18-14(12-15)10-11-21-18)17-7-3-5-13-4-1-2-6-16(13)17/h1-2,4,6,8-9,12,17,19H,3,5,7,10-11,20H2. The van der Waals surface area contributed by atoms with Crippen molar-refractivity contribution in [3.8, 4) is 5.75 Å². The first-order valence-electron chi connectivity index (χ1n) is 7.92. The number of aryl methyl sites for hydroxylation is 1. The van der Waals surface area contributed by atoms with Crippen LogP contribution in [-0.4, -0.2) is 6.61 Å². The third-order valence-electron chi connectivity index (χ3n) is 4.95. The molecule has 2 aliphatic rings. The fourth-order valence-electron chi connectivity index (χ4n) is 3.81. The predicted octanol–water partition coefficient (Wildman–Crippen LogP) is 3.74. The molecule has 0 fully saturated rings. The predicted molar refractivity (Wildman–Crippen MR) is 84.7 cm³/mol. The van der Waals surface area contributed by atoms with E-state index < -0.39 is 0 Å². The maximum absolute atomic E-state index is 6.64. The number of hydrogen-bond acceptors (Lipinski definition) is 2. The maximum Gasteiger partial charge on any atom is 0.122 e. The molecule has 108 valence electrons. The monoisotopic (exact) mass is 279 g/mol. The Bertz CT molecular complexity index is 664. The normalized spacial score (nSPS) is 21.3. The largest absolute Gasteiger partial charge is 0.493 e. The molecule has 0 bridgehead atoms. The zero-order valence-electron chi connectivity index (χ0n) is 12.2. The summed E-state index contributed by atoms with van der Waals surface area (Å²) in [5.41, 5.74) is 12.1. The highest BCUT2D eigenvalue weighted by Crippen LogP contribution is 2.40. The van der Waals surface area contributed by atoms with Crippen LogP contribution in [0.2, 0.25) is 0 Å². The molecule has 0 amide bonds. The maximum atomic E-state index is 6.64. The molecule has 2 nitrogen and oxygen atoms in total. The first-order chi connectivity index (χ1) is 10.3. The van der Waals surface area contributed by atoms with Crippen LogP contribution in [0.15, 0.2) is 42.5 Å². The van der Waals surface area contributed by atoms with Crippen molar-refractivity contribution in [1.29, 1.82) is 0 Å². The van der Waals surface area contributed by atoms with Gasteiger partial charge in [-0.3, -0.25) is 0 Å². The van der Waals surface area contributed by atoms with E-state index in [4.69, 9.17) is 10.5 Å². The third kappa shape index (κ3) is 2.24. The lowest BCUT2D eigenvalue weighted by Gasteiger charge is -2.30. The van der Waals surface area contributed by atoms with Crippen molar-refractivity contribution in [2.75, 3.05) is 6.61 Å². The molecule has 21 heavy (non-hydrogen) atoms. The molecule has 2 heteroatoms. The molecule has 0 saturated carbocycles. The number of fused-ring (bicyclic) bond motifs is 2. The minimum atomic E-state index is 0.0809. The Balaban J connectivity index is 1.68. The van der Waals surface area contributed by atoms with Crippen LogP contribution in [0.5, 0.6) is 5.75 Å². The third-order valence-corrected chi connectivity index (χ3v) is 4.95. The topological polar surface area (TPSA) is 35.2 Å². The fraction of sp³-hybridized carbons (Fsp3) is 0.368. The minimum Gasteiger partial charge on any atom is -0.493 e. The summed E-state index contributed by atoms with van der Waals surface area (Å²) in [5.74, 6) is 1.48. The van der Waals surface area contributed by atoms with Gasteiger partial charge in [0.15, 0.2) is 0 Å². The van der Waals surface area contributed by atoms with Gasteiger partial charge in [-0.15, -0.1) is 0 Å². The summed E-state index contributed by atoms with van der Waals surface area (Å²) in [6, 6.07) is 15.4. The molecule has 0 radical (unpaired) electrons. The molecule has 0 saturated heterocycles. The van der Waals surface area contributed by atoms with Crippen LogP contribution in [0, 0.1) is 0 Å². The molecule has 0 aromatic heterocycles. The molecule has 4 rings (SSSR count). The Morgan fingerprint density at radius 2 is 1.95 bits per heavy atom. The summed E-state index contributed by atoms with van der Waals surface area (Å²) >= 11 is 0. The minimum absolute atomic E-state index is 0.0809. The van der Waals surface area contributed by atoms with Gasteiger partial charge in [0.2, 0.25) is 0 Å². The van der Waals surface area contributed by atoms with Crippen LogP contribution in [0.4, 0.5) is 0 Å². The Morgan fingerprint density at radius 3 is 2.90 bits per heavy atom. The summed E-state index contributed by atoms with van der Waals surface area (Å²) in [5, 5.41) is 0. The van der Waals surface area contributed by atoms with Crippen LogP contribution < -0.4 is 10.5 Å². The van der Waals surface area contributed by atoms with Gasteiger partial charge in [0, 0.05) is 18.4 Å². The van der Waals surface area contributed by atoms with Gasteiger partial charge in [-0.1, -0.05) is 36.4 Å². The summed E-state index contributed by atoms with van der Waals surface area (Å²) in [6.45, 7) is 0.806. The first-order valence-corrected chi connectivity index (χ1v) is 7.92. The van der Waals surface area contributed by atoms with Crippen molar-refractivity contribution in [3.05, 3.63) is 64.7 Å². The van der Waals surface area contributed by atoms with E-state index in [1.807, 2.05) is 0 Å². The lowest BCUT2D eigenvalue weighted by Crippen LogP contribution is -2.23. The average Bonchev–Trinajstić information content (AvgIpc) is 3.01. The van der Waals surface area contributed by atoms with Crippen molar-refractivity contribution >= 4 is 0 Å². The highest BCUT2D eigenvalue weighted by atomic mass is 16.5. The van der Waals surface area contributed by atoms with Crippen LogP contribution in [0.1, 0.15) is 47.1 Å². The molecule has 1 heterocycles.